The Morgan fingerprint density at radius 3 is 2.62 bits per heavy atom. The molecule has 1 heterocycles. The maximum absolute atomic E-state index is 2.46. The Hall–Kier alpha value is -0.823. The molecule has 0 atom stereocenters. The normalized spacial score (nSPS) is 21.9. The van der Waals surface area contributed by atoms with Gasteiger partial charge in [0.1, 0.15) is 0 Å². The summed E-state index contributed by atoms with van der Waals surface area (Å²) in [6.07, 6.45) is 2.28. The van der Waals surface area contributed by atoms with Gasteiger partial charge < -0.3 is 0 Å². The fourth-order valence-corrected chi connectivity index (χ4v) is 5.34. The van der Waals surface area contributed by atoms with Crippen molar-refractivity contribution in [2.24, 2.45) is 0 Å². The molecule has 0 unspecified atom stereocenters. The van der Waals surface area contributed by atoms with Gasteiger partial charge in [0.05, 0.1) is 8.07 Å². The summed E-state index contributed by atoms with van der Waals surface area (Å²) < 4.78 is 0. The predicted molar refractivity (Wildman–Crippen MR) is 62.0 cm³/mol. The lowest BCUT2D eigenvalue weighted by Crippen LogP contribution is -2.37. The first-order chi connectivity index (χ1) is 6.15. The highest BCUT2D eigenvalue weighted by atomic mass is 28.3. The van der Waals surface area contributed by atoms with E-state index in [1.54, 1.807) is 10.8 Å². The van der Waals surface area contributed by atoms with Crippen molar-refractivity contribution in [2.45, 2.75) is 26.1 Å². The second-order valence-corrected chi connectivity index (χ2v) is 9.08. The van der Waals surface area contributed by atoms with E-state index in [-0.39, 0.29) is 0 Å². The van der Waals surface area contributed by atoms with E-state index in [1.807, 2.05) is 0 Å². The molecule has 0 amide bonds. The first-order valence-electron chi connectivity index (χ1n) is 4.90. The topological polar surface area (TPSA) is 0 Å². The summed E-state index contributed by atoms with van der Waals surface area (Å²) >= 11 is 0. The molecule has 0 saturated carbocycles. The summed E-state index contributed by atoms with van der Waals surface area (Å²) in [6.45, 7) is 7.08. The molecule has 68 valence electrons. The fourth-order valence-electron chi connectivity index (χ4n) is 2.28. The SMILES string of the molecule is C/C=C1/C[Si](C)(C)c2ccccc21. The molecule has 0 saturated heterocycles. The third kappa shape index (κ3) is 1.27. The van der Waals surface area contributed by atoms with Crippen molar-refractivity contribution in [2.75, 3.05) is 0 Å². The quantitative estimate of drug-likeness (QED) is 0.549. The van der Waals surface area contributed by atoms with Crippen LogP contribution < -0.4 is 5.19 Å². The van der Waals surface area contributed by atoms with Gasteiger partial charge in [0.15, 0.2) is 0 Å². The molecule has 1 aromatic carbocycles. The Labute approximate surface area is 81.3 Å². The number of hydrogen-bond acceptors (Lipinski definition) is 0. The van der Waals surface area contributed by atoms with E-state index in [0.717, 1.165) is 0 Å². The third-order valence-electron chi connectivity index (χ3n) is 2.98. The number of benzene rings is 1. The van der Waals surface area contributed by atoms with Crippen LogP contribution in [0.5, 0.6) is 0 Å². The van der Waals surface area contributed by atoms with Gasteiger partial charge in [0.25, 0.3) is 0 Å². The molecule has 0 aliphatic carbocycles. The van der Waals surface area contributed by atoms with Crippen molar-refractivity contribution < 1.29 is 0 Å². The van der Waals surface area contributed by atoms with Gasteiger partial charge in [-0.15, -0.1) is 0 Å². The van der Waals surface area contributed by atoms with Crippen molar-refractivity contribution in [1.82, 2.24) is 0 Å². The number of fused-ring (bicyclic) bond motifs is 1. The van der Waals surface area contributed by atoms with Crippen LogP contribution >= 0.6 is 0 Å². The summed E-state index contributed by atoms with van der Waals surface area (Å²) in [4.78, 5) is 0. The van der Waals surface area contributed by atoms with E-state index in [0.29, 0.717) is 0 Å². The molecule has 0 N–H and O–H groups in total. The molecule has 0 bridgehead atoms. The van der Waals surface area contributed by atoms with Crippen LogP contribution in [-0.4, -0.2) is 8.07 Å². The average molecular weight is 188 g/mol. The Bertz CT molecular complexity index is 361. The zero-order chi connectivity index (χ0) is 9.47. The Balaban J connectivity index is 2.64. The van der Waals surface area contributed by atoms with Crippen LogP contribution in [0.2, 0.25) is 19.1 Å². The standard InChI is InChI=1S/C12H16Si/c1-4-10-9-13(2,3)12-8-6-5-7-11(10)12/h4-8H,9H2,1-3H3/b10-4-. The van der Waals surface area contributed by atoms with E-state index in [9.17, 15) is 0 Å². The molecule has 0 radical (unpaired) electrons. The molecule has 13 heavy (non-hydrogen) atoms. The highest BCUT2D eigenvalue weighted by Crippen LogP contribution is 2.32. The summed E-state index contributed by atoms with van der Waals surface area (Å²) in [5.41, 5.74) is 3.08. The molecule has 1 aliphatic heterocycles. The van der Waals surface area contributed by atoms with Crippen molar-refractivity contribution >= 4 is 18.8 Å². The van der Waals surface area contributed by atoms with Gasteiger partial charge in [0.2, 0.25) is 0 Å². The van der Waals surface area contributed by atoms with Gasteiger partial charge in [-0.25, -0.2) is 0 Å². The lowest BCUT2D eigenvalue weighted by Gasteiger charge is -2.14. The van der Waals surface area contributed by atoms with E-state index >= 15 is 0 Å². The molecule has 0 spiro atoms. The maximum atomic E-state index is 2.46. The van der Waals surface area contributed by atoms with E-state index < -0.39 is 8.07 Å². The van der Waals surface area contributed by atoms with Crippen molar-refractivity contribution in [1.29, 1.82) is 0 Å². The highest BCUT2D eigenvalue weighted by Gasteiger charge is 2.33. The van der Waals surface area contributed by atoms with Crippen LogP contribution in [0, 0.1) is 0 Å². The van der Waals surface area contributed by atoms with Crippen LogP contribution in [0.25, 0.3) is 5.57 Å². The molecule has 0 aromatic heterocycles. The van der Waals surface area contributed by atoms with Crippen LogP contribution in [0.1, 0.15) is 12.5 Å². The molecular formula is C12H16Si. The van der Waals surface area contributed by atoms with Gasteiger partial charge in [0, 0.05) is 0 Å². The van der Waals surface area contributed by atoms with Gasteiger partial charge in [-0.05, 0) is 24.1 Å². The summed E-state index contributed by atoms with van der Waals surface area (Å²) in [6, 6.07) is 10.2. The molecule has 0 nitrogen and oxygen atoms in total. The second kappa shape index (κ2) is 2.84. The van der Waals surface area contributed by atoms with E-state index in [1.165, 1.54) is 11.6 Å². The van der Waals surface area contributed by atoms with E-state index in [4.69, 9.17) is 0 Å². The Kier molecular flexibility index (Phi) is 1.92. The van der Waals surface area contributed by atoms with E-state index in [2.05, 4.69) is 50.4 Å². The lowest BCUT2D eigenvalue weighted by molar-refractivity contribution is 1.58. The molecule has 0 fully saturated rings. The lowest BCUT2D eigenvalue weighted by atomic mass is 10.1. The number of hydrogen-bond donors (Lipinski definition) is 0. The van der Waals surface area contributed by atoms with Gasteiger partial charge in [-0.2, -0.15) is 0 Å². The first kappa shape index (κ1) is 8.76. The van der Waals surface area contributed by atoms with Gasteiger partial charge in [-0.3, -0.25) is 0 Å². The molecule has 1 aromatic rings. The molecular weight excluding hydrogens is 172 g/mol. The third-order valence-corrected chi connectivity index (χ3v) is 6.14. The average Bonchev–Trinajstić information content (AvgIpc) is 2.39. The van der Waals surface area contributed by atoms with Crippen molar-refractivity contribution in [3.05, 3.63) is 35.9 Å². The maximum Gasteiger partial charge on any atom is 0.0857 e. The molecule has 1 heteroatoms. The smallest absolute Gasteiger partial charge is 0.0841 e. The summed E-state index contributed by atoms with van der Waals surface area (Å²) in [7, 11) is -1.11. The number of allylic oxidation sites excluding steroid dienone is 2. The van der Waals surface area contributed by atoms with Crippen molar-refractivity contribution in [3.8, 4) is 0 Å². The van der Waals surface area contributed by atoms with Crippen LogP contribution in [0.15, 0.2) is 30.3 Å². The highest BCUT2D eigenvalue weighted by molar-refractivity contribution is 6.93. The van der Waals surface area contributed by atoms with Crippen LogP contribution in [0.3, 0.4) is 0 Å². The zero-order valence-corrected chi connectivity index (χ0v) is 9.59. The predicted octanol–water partition coefficient (Wildman–Crippen LogP) is 3.02. The monoisotopic (exact) mass is 188 g/mol. The minimum absolute atomic E-state index is 1.11. The van der Waals surface area contributed by atoms with Crippen LogP contribution in [-0.2, 0) is 0 Å². The Morgan fingerprint density at radius 1 is 1.23 bits per heavy atom. The second-order valence-electron chi connectivity index (χ2n) is 4.42. The first-order valence-corrected chi connectivity index (χ1v) is 8.11. The van der Waals surface area contributed by atoms with Gasteiger partial charge >= 0.3 is 0 Å². The largest absolute Gasteiger partial charge is 0.0857 e. The summed E-state index contributed by atoms with van der Waals surface area (Å²) in [5.74, 6) is 0. The van der Waals surface area contributed by atoms with Gasteiger partial charge in [-0.1, -0.05) is 48.6 Å². The minimum atomic E-state index is -1.11. The van der Waals surface area contributed by atoms with Crippen molar-refractivity contribution in [3.63, 3.8) is 0 Å². The Morgan fingerprint density at radius 2 is 1.92 bits per heavy atom. The number of rotatable bonds is 0. The van der Waals surface area contributed by atoms with Crippen LogP contribution in [0.4, 0.5) is 0 Å². The molecule has 1 aliphatic rings. The summed E-state index contributed by atoms with van der Waals surface area (Å²) in [5, 5.41) is 1.64. The fraction of sp³-hybridized carbons (Fsp3) is 0.333. The zero-order valence-electron chi connectivity index (χ0n) is 8.59. The minimum Gasteiger partial charge on any atom is -0.0841 e. The molecule has 2 rings (SSSR count).